The molecule has 1 aliphatic heterocycles. The Kier molecular flexibility index (Phi) is 6.87. The number of sulfonamides is 1. The fourth-order valence-corrected chi connectivity index (χ4v) is 7.11. The molecule has 5 rings (SSSR count). The summed E-state index contributed by atoms with van der Waals surface area (Å²) in [5, 5.41) is 0.603. The first-order valence-corrected chi connectivity index (χ1v) is 14.1. The second-order valence-corrected chi connectivity index (χ2v) is 11.9. The van der Waals surface area contributed by atoms with E-state index in [0.717, 1.165) is 33.5 Å². The Bertz CT molecular complexity index is 1490. The van der Waals surface area contributed by atoms with Crippen molar-refractivity contribution in [2.24, 2.45) is 5.92 Å². The van der Waals surface area contributed by atoms with Crippen LogP contribution in [0, 0.1) is 18.7 Å². The van der Waals surface area contributed by atoms with E-state index in [1.165, 1.54) is 27.8 Å². The van der Waals surface area contributed by atoms with Crippen molar-refractivity contribution in [1.29, 1.82) is 0 Å². The molecular formula is C27H26FN3O3S2. The fraction of sp³-hybridized carbons (Fsp3) is 0.259. The van der Waals surface area contributed by atoms with E-state index < -0.39 is 21.8 Å². The zero-order valence-electron chi connectivity index (χ0n) is 19.8. The molecule has 9 heteroatoms. The second-order valence-electron chi connectivity index (χ2n) is 8.98. The van der Waals surface area contributed by atoms with E-state index in [0.29, 0.717) is 31.1 Å². The lowest BCUT2D eigenvalue weighted by Gasteiger charge is -2.33. The maximum atomic E-state index is 13.9. The van der Waals surface area contributed by atoms with Crippen molar-refractivity contribution in [3.05, 3.63) is 89.7 Å². The van der Waals surface area contributed by atoms with Gasteiger partial charge < -0.3 is 0 Å². The number of aryl methyl sites for hydroxylation is 1. The number of aromatic nitrogens is 1. The predicted octanol–water partition coefficient (Wildman–Crippen LogP) is 5.38. The van der Waals surface area contributed by atoms with Gasteiger partial charge >= 0.3 is 0 Å². The standard InChI is InChI=1S/C27H26FN3O3S2/c1-19-7-5-11-24-25(19)29-27(35-24)31(17-20-8-3-2-4-9-20)26(32)21-10-6-16-30(18-21)36(33,34)23-14-12-22(28)13-15-23/h2-5,7-9,11-15,21H,6,10,16-18H2,1H3. The summed E-state index contributed by atoms with van der Waals surface area (Å²) in [5.41, 5.74) is 2.87. The third-order valence-corrected chi connectivity index (χ3v) is 9.40. The van der Waals surface area contributed by atoms with Crippen molar-refractivity contribution in [3.8, 4) is 0 Å². The lowest BCUT2D eigenvalue weighted by molar-refractivity contribution is -0.123. The molecule has 1 amide bonds. The molecule has 0 radical (unpaired) electrons. The van der Waals surface area contributed by atoms with Crippen molar-refractivity contribution in [2.45, 2.75) is 31.2 Å². The van der Waals surface area contributed by atoms with Gasteiger partial charge in [0.15, 0.2) is 5.13 Å². The number of benzene rings is 3. The number of para-hydroxylation sites is 1. The van der Waals surface area contributed by atoms with Gasteiger partial charge in [0.25, 0.3) is 0 Å². The molecule has 0 aliphatic carbocycles. The largest absolute Gasteiger partial charge is 0.283 e. The first-order valence-electron chi connectivity index (χ1n) is 11.8. The number of hydrogen-bond donors (Lipinski definition) is 0. The molecule has 1 saturated heterocycles. The highest BCUT2D eigenvalue weighted by molar-refractivity contribution is 7.89. The molecule has 186 valence electrons. The van der Waals surface area contributed by atoms with Crippen molar-refractivity contribution >= 4 is 42.6 Å². The van der Waals surface area contributed by atoms with Crippen molar-refractivity contribution < 1.29 is 17.6 Å². The number of rotatable bonds is 6. The van der Waals surface area contributed by atoms with Crippen LogP contribution in [-0.4, -0.2) is 36.7 Å². The molecule has 1 aromatic heterocycles. The van der Waals surface area contributed by atoms with E-state index in [2.05, 4.69) is 0 Å². The van der Waals surface area contributed by atoms with E-state index in [4.69, 9.17) is 4.98 Å². The minimum Gasteiger partial charge on any atom is -0.283 e. The summed E-state index contributed by atoms with van der Waals surface area (Å²) >= 11 is 1.46. The number of carbonyl (C=O) groups is 1. The monoisotopic (exact) mass is 523 g/mol. The van der Waals surface area contributed by atoms with Crippen LogP contribution in [0.25, 0.3) is 10.2 Å². The molecule has 0 saturated carbocycles. The molecule has 2 heterocycles. The van der Waals surface area contributed by atoms with Crippen LogP contribution in [0.4, 0.5) is 9.52 Å². The number of fused-ring (bicyclic) bond motifs is 1. The minimum absolute atomic E-state index is 0.0276. The maximum Gasteiger partial charge on any atom is 0.243 e. The molecule has 4 aromatic rings. The first kappa shape index (κ1) is 24.5. The van der Waals surface area contributed by atoms with Gasteiger partial charge in [0, 0.05) is 13.1 Å². The molecule has 0 spiro atoms. The Morgan fingerprint density at radius 3 is 2.56 bits per heavy atom. The molecule has 1 fully saturated rings. The first-order chi connectivity index (χ1) is 17.3. The average molecular weight is 524 g/mol. The fourth-order valence-electron chi connectivity index (χ4n) is 4.53. The lowest BCUT2D eigenvalue weighted by Crippen LogP contribution is -2.46. The van der Waals surface area contributed by atoms with Gasteiger partial charge in [-0.25, -0.2) is 17.8 Å². The topological polar surface area (TPSA) is 70.6 Å². The Morgan fingerprint density at radius 1 is 1.08 bits per heavy atom. The summed E-state index contributed by atoms with van der Waals surface area (Å²) in [6.45, 7) is 2.74. The highest BCUT2D eigenvalue weighted by Crippen LogP contribution is 2.34. The quantitative estimate of drug-likeness (QED) is 0.340. The molecule has 6 nitrogen and oxygen atoms in total. The van der Waals surface area contributed by atoms with Gasteiger partial charge in [-0.15, -0.1) is 0 Å². The molecule has 0 bridgehead atoms. The van der Waals surface area contributed by atoms with E-state index in [-0.39, 0.29) is 17.3 Å². The Balaban J connectivity index is 1.45. The number of anilines is 1. The van der Waals surface area contributed by atoms with Gasteiger partial charge in [0.1, 0.15) is 5.82 Å². The Labute approximate surface area is 214 Å². The van der Waals surface area contributed by atoms with Gasteiger partial charge in [-0.1, -0.05) is 53.8 Å². The number of thiazole rings is 1. The summed E-state index contributed by atoms with van der Waals surface area (Å²) in [5.74, 6) is -1.15. The molecule has 36 heavy (non-hydrogen) atoms. The molecule has 1 atom stereocenters. The smallest absolute Gasteiger partial charge is 0.243 e. The van der Waals surface area contributed by atoms with E-state index in [1.807, 2.05) is 55.5 Å². The number of halogens is 1. The number of hydrogen-bond acceptors (Lipinski definition) is 5. The van der Waals surface area contributed by atoms with Crippen molar-refractivity contribution in [2.75, 3.05) is 18.0 Å². The number of carbonyl (C=O) groups excluding carboxylic acids is 1. The molecule has 3 aromatic carbocycles. The molecule has 1 unspecified atom stereocenters. The van der Waals surface area contributed by atoms with Crippen LogP contribution in [0.2, 0.25) is 0 Å². The Morgan fingerprint density at radius 2 is 1.83 bits per heavy atom. The van der Waals surface area contributed by atoms with Crippen molar-refractivity contribution in [1.82, 2.24) is 9.29 Å². The van der Waals surface area contributed by atoms with Crippen LogP contribution < -0.4 is 4.90 Å². The zero-order valence-corrected chi connectivity index (χ0v) is 21.4. The summed E-state index contributed by atoms with van der Waals surface area (Å²) in [7, 11) is -3.84. The highest BCUT2D eigenvalue weighted by Gasteiger charge is 2.36. The third-order valence-electron chi connectivity index (χ3n) is 6.47. The van der Waals surface area contributed by atoms with Crippen LogP contribution >= 0.6 is 11.3 Å². The van der Waals surface area contributed by atoms with E-state index >= 15 is 0 Å². The molecule has 0 N–H and O–H groups in total. The number of nitrogens with zero attached hydrogens (tertiary/aromatic N) is 3. The third kappa shape index (κ3) is 4.91. The molecular weight excluding hydrogens is 497 g/mol. The van der Waals surface area contributed by atoms with Crippen LogP contribution in [0.15, 0.2) is 77.7 Å². The summed E-state index contributed by atoms with van der Waals surface area (Å²) in [4.78, 5) is 20.5. The van der Waals surface area contributed by atoms with Gasteiger partial charge in [0.2, 0.25) is 15.9 Å². The predicted molar refractivity (Wildman–Crippen MR) is 140 cm³/mol. The van der Waals surface area contributed by atoms with E-state index in [9.17, 15) is 17.6 Å². The van der Waals surface area contributed by atoms with E-state index in [1.54, 1.807) is 4.90 Å². The minimum atomic E-state index is -3.84. The normalized spacial score (nSPS) is 16.8. The van der Waals surface area contributed by atoms with Gasteiger partial charge in [0.05, 0.1) is 27.6 Å². The summed E-state index contributed by atoms with van der Waals surface area (Å²) in [6, 6.07) is 20.5. The van der Waals surface area contributed by atoms with Crippen molar-refractivity contribution in [3.63, 3.8) is 0 Å². The zero-order chi connectivity index (χ0) is 25.3. The lowest BCUT2D eigenvalue weighted by atomic mass is 9.98. The highest BCUT2D eigenvalue weighted by atomic mass is 32.2. The summed E-state index contributed by atoms with van der Waals surface area (Å²) < 4.78 is 42.1. The number of piperidine rings is 1. The second kappa shape index (κ2) is 10.1. The van der Waals surface area contributed by atoms with Gasteiger partial charge in [-0.05, 0) is 61.2 Å². The van der Waals surface area contributed by atoms with Crippen LogP contribution in [0.1, 0.15) is 24.0 Å². The molecule has 1 aliphatic rings. The SMILES string of the molecule is Cc1cccc2sc(N(Cc3ccccc3)C(=O)C3CCCN(S(=O)(=O)c4ccc(F)cc4)C3)nc12. The van der Waals surface area contributed by atoms with Gasteiger partial charge in [-0.3, -0.25) is 9.69 Å². The van der Waals surface area contributed by atoms with Crippen LogP contribution in [0.3, 0.4) is 0 Å². The number of amides is 1. The maximum absolute atomic E-state index is 13.9. The van der Waals surface area contributed by atoms with Gasteiger partial charge in [-0.2, -0.15) is 4.31 Å². The van der Waals surface area contributed by atoms with Crippen LogP contribution in [0.5, 0.6) is 0 Å². The average Bonchev–Trinajstić information content (AvgIpc) is 3.33. The Hall–Kier alpha value is -3.14. The van der Waals surface area contributed by atoms with Crippen LogP contribution in [-0.2, 0) is 21.4 Å². The summed E-state index contributed by atoms with van der Waals surface area (Å²) in [6.07, 6.45) is 1.15.